The molecule has 1 aliphatic rings. The molecule has 80 valence electrons. The van der Waals surface area contributed by atoms with Gasteiger partial charge in [-0.1, -0.05) is 0 Å². The summed E-state index contributed by atoms with van der Waals surface area (Å²) in [6.07, 6.45) is 3.59. The highest BCUT2D eigenvalue weighted by Gasteiger charge is 2.19. The molecule has 1 fully saturated rings. The Balaban J connectivity index is 2.17. The fourth-order valence-electron chi connectivity index (χ4n) is 2.02. The van der Waals surface area contributed by atoms with Gasteiger partial charge in [-0.05, 0) is 40.0 Å². The Kier molecular flexibility index (Phi) is 4.92. The van der Waals surface area contributed by atoms with Crippen LogP contribution in [-0.4, -0.2) is 56.1 Å². The summed E-state index contributed by atoms with van der Waals surface area (Å²) in [5.74, 6) is 0. The lowest BCUT2D eigenvalue weighted by Gasteiger charge is -2.34. The largest absolute Gasteiger partial charge is 0.317 e. The highest BCUT2D eigenvalue weighted by atomic mass is 15.2. The van der Waals surface area contributed by atoms with Gasteiger partial charge in [-0.15, -0.1) is 0 Å². The molecule has 0 aromatic rings. The molecule has 0 aromatic carbocycles. The van der Waals surface area contributed by atoms with Crippen LogP contribution in [0.4, 0.5) is 0 Å². The molecule has 0 saturated carbocycles. The van der Waals surface area contributed by atoms with Crippen LogP contribution in [0.25, 0.3) is 4.85 Å². The van der Waals surface area contributed by atoms with E-state index < -0.39 is 0 Å². The maximum absolute atomic E-state index is 6.72. The second-order valence-electron chi connectivity index (χ2n) is 4.25. The summed E-state index contributed by atoms with van der Waals surface area (Å²) in [5, 5.41) is 0. The third kappa shape index (κ3) is 3.65. The summed E-state index contributed by atoms with van der Waals surface area (Å²) < 4.78 is 0. The summed E-state index contributed by atoms with van der Waals surface area (Å²) in [7, 11) is 4.38. The van der Waals surface area contributed by atoms with Crippen molar-refractivity contribution in [2.24, 2.45) is 0 Å². The lowest BCUT2D eigenvalue weighted by molar-refractivity contribution is 0.144. The Morgan fingerprint density at radius 3 is 2.64 bits per heavy atom. The number of likely N-dealkylation sites (tertiary alicyclic amines) is 1. The van der Waals surface area contributed by atoms with Gasteiger partial charge < -0.3 is 14.6 Å². The highest BCUT2D eigenvalue weighted by Crippen LogP contribution is 2.13. The molecule has 3 heteroatoms. The number of nitrogens with zero attached hydrogens (tertiary/aromatic N) is 3. The molecule has 0 radical (unpaired) electrons. The van der Waals surface area contributed by atoms with Crippen molar-refractivity contribution in [1.29, 1.82) is 0 Å². The Morgan fingerprint density at radius 2 is 2.07 bits per heavy atom. The minimum atomic E-state index is 0.678. The van der Waals surface area contributed by atoms with Crippen molar-refractivity contribution in [2.45, 2.75) is 25.3 Å². The Hall–Kier alpha value is -0.590. The third-order valence-corrected chi connectivity index (χ3v) is 3.09. The summed E-state index contributed by atoms with van der Waals surface area (Å²) in [5.41, 5.74) is 0. The fraction of sp³-hybridized carbons (Fsp3) is 0.909. The van der Waals surface area contributed by atoms with Crippen molar-refractivity contribution in [2.75, 3.05) is 40.3 Å². The molecule has 0 atom stereocenters. The van der Waals surface area contributed by atoms with Crippen molar-refractivity contribution < 1.29 is 0 Å². The van der Waals surface area contributed by atoms with E-state index in [0.29, 0.717) is 6.54 Å². The van der Waals surface area contributed by atoms with Gasteiger partial charge in [0.15, 0.2) is 0 Å². The van der Waals surface area contributed by atoms with Crippen LogP contribution in [0.1, 0.15) is 19.3 Å². The highest BCUT2D eigenvalue weighted by molar-refractivity contribution is 4.77. The average Bonchev–Trinajstić information content (AvgIpc) is 2.19. The van der Waals surface area contributed by atoms with Crippen LogP contribution >= 0.6 is 0 Å². The van der Waals surface area contributed by atoms with Crippen LogP contribution in [0.3, 0.4) is 0 Å². The van der Waals surface area contributed by atoms with Crippen LogP contribution in [0.2, 0.25) is 0 Å². The number of hydrogen-bond donors (Lipinski definition) is 0. The van der Waals surface area contributed by atoms with E-state index >= 15 is 0 Å². The third-order valence-electron chi connectivity index (χ3n) is 3.09. The molecule has 1 aliphatic heterocycles. The van der Waals surface area contributed by atoms with Gasteiger partial charge in [0.2, 0.25) is 6.54 Å². The molecule has 14 heavy (non-hydrogen) atoms. The van der Waals surface area contributed by atoms with Crippen LogP contribution in [0.15, 0.2) is 0 Å². The number of rotatable bonds is 4. The Labute approximate surface area is 87.5 Å². The molecular formula is C11H21N3. The van der Waals surface area contributed by atoms with Gasteiger partial charge in [-0.2, -0.15) is 0 Å². The lowest BCUT2D eigenvalue weighted by atomic mass is 10.0. The van der Waals surface area contributed by atoms with E-state index in [-0.39, 0.29) is 0 Å². The van der Waals surface area contributed by atoms with Crippen molar-refractivity contribution in [3.63, 3.8) is 0 Å². The fourth-order valence-corrected chi connectivity index (χ4v) is 2.02. The maximum atomic E-state index is 6.72. The molecular weight excluding hydrogens is 174 g/mol. The molecule has 1 heterocycles. The summed E-state index contributed by atoms with van der Waals surface area (Å²) >= 11 is 0. The Bertz CT molecular complexity index is 189. The zero-order valence-corrected chi connectivity index (χ0v) is 9.37. The van der Waals surface area contributed by atoms with Crippen molar-refractivity contribution in [1.82, 2.24) is 9.80 Å². The van der Waals surface area contributed by atoms with Gasteiger partial charge in [-0.25, -0.2) is 6.57 Å². The predicted octanol–water partition coefficient (Wildman–Crippen LogP) is 1.32. The monoisotopic (exact) mass is 195 g/mol. The molecule has 1 rings (SSSR count). The SMILES string of the molecule is [C-]#[N+]CCCN(C)C1CCN(C)CC1. The normalized spacial score (nSPS) is 19.9. The topological polar surface area (TPSA) is 10.8 Å². The van der Waals surface area contributed by atoms with E-state index in [0.717, 1.165) is 19.0 Å². The molecule has 3 nitrogen and oxygen atoms in total. The zero-order valence-electron chi connectivity index (χ0n) is 9.37. The van der Waals surface area contributed by atoms with E-state index in [1.807, 2.05) is 0 Å². The van der Waals surface area contributed by atoms with Gasteiger partial charge in [0, 0.05) is 19.0 Å². The first-order valence-electron chi connectivity index (χ1n) is 5.46. The minimum Gasteiger partial charge on any atom is -0.317 e. The molecule has 0 N–H and O–H groups in total. The molecule has 0 aliphatic carbocycles. The van der Waals surface area contributed by atoms with E-state index in [1.54, 1.807) is 0 Å². The maximum Gasteiger partial charge on any atom is 0.215 e. The smallest absolute Gasteiger partial charge is 0.215 e. The summed E-state index contributed by atoms with van der Waals surface area (Å²) in [6.45, 7) is 10.9. The lowest BCUT2D eigenvalue weighted by Crippen LogP contribution is -2.42. The van der Waals surface area contributed by atoms with Crippen LogP contribution in [0, 0.1) is 6.57 Å². The first-order valence-corrected chi connectivity index (χ1v) is 5.46. The van der Waals surface area contributed by atoms with Crippen molar-refractivity contribution >= 4 is 0 Å². The zero-order chi connectivity index (χ0) is 10.4. The van der Waals surface area contributed by atoms with Crippen molar-refractivity contribution in [3.8, 4) is 0 Å². The van der Waals surface area contributed by atoms with Gasteiger partial charge in [0.1, 0.15) is 0 Å². The average molecular weight is 195 g/mol. The van der Waals surface area contributed by atoms with E-state index in [9.17, 15) is 0 Å². The minimum absolute atomic E-state index is 0.678. The summed E-state index contributed by atoms with van der Waals surface area (Å²) in [6, 6.07) is 0.747. The van der Waals surface area contributed by atoms with E-state index in [1.165, 1.54) is 25.9 Å². The quantitative estimate of drug-likeness (QED) is 0.495. The van der Waals surface area contributed by atoms with Crippen LogP contribution in [0.5, 0.6) is 0 Å². The standard InChI is InChI=1S/C11H21N3/c1-12-7-4-8-14(3)11-5-9-13(2)10-6-11/h11H,4-10H2,2-3H3. The predicted molar refractivity (Wildman–Crippen MR) is 59.2 cm³/mol. The number of hydrogen-bond acceptors (Lipinski definition) is 2. The van der Waals surface area contributed by atoms with Gasteiger partial charge >= 0.3 is 0 Å². The Morgan fingerprint density at radius 1 is 1.43 bits per heavy atom. The molecule has 0 bridgehead atoms. The second-order valence-corrected chi connectivity index (χ2v) is 4.25. The van der Waals surface area contributed by atoms with Gasteiger partial charge in [0.05, 0.1) is 0 Å². The van der Waals surface area contributed by atoms with E-state index in [2.05, 4.69) is 28.7 Å². The van der Waals surface area contributed by atoms with Crippen LogP contribution in [-0.2, 0) is 0 Å². The molecule has 1 saturated heterocycles. The second kappa shape index (κ2) is 6.00. The molecule has 0 unspecified atom stereocenters. The van der Waals surface area contributed by atoms with Crippen LogP contribution < -0.4 is 0 Å². The molecule has 0 aromatic heterocycles. The first kappa shape index (κ1) is 11.5. The van der Waals surface area contributed by atoms with Gasteiger partial charge in [0.25, 0.3) is 0 Å². The molecule has 0 amide bonds. The summed E-state index contributed by atoms with van der Waals surface area (Å²) in [4.78, 5) is 8.20. The van der Waals surface area contributed by atoms with Crippen molar-refractivity contribution in [3.05, 3.63) is 11.4 Å². The van der Waals surface area contributed by atoms with E-state index in [4.69, 9.17) is 6.57 Å². The molecule has 0 spiro atoms. The number of piperidine rings is 1. The van der Waals surface area contributed by atoms with Gasteiger partial charge in [-0.3, -0.25) is 0 Å². The first-order chi connectivity index (χ1) is 6.74.